The van der Waals surface area contributed by atoms with Crippen LogP contribution in [0.25, 0.3) is 11.0 Å². The van der Waals surface area contributed by atoms with Crippen molar-refractivity contribution in [3.8, 4) is 5.75 Å². The van der Waals surface area contributed by atoms with Crippen LogP contribution in [0.15, 0.2) is 22.6 Å². The SMILES string of the molecule is CC(C)CNC(=O)NC(=O)COC(=O)COc1ccc2oc3c(c2c1)CCCC3. The van der Waals surface area contributed by atoms with Crippen molar-refractivity contribution in [2.45, 2.75) is 39.5 Å². The van der Waals surface area contributed by atoms with Gasteiger partial charge in [0, 0.05) is 23.9 Å². The van der Waals surface area contributed by atoms with E-state index in [-0.39, 0.29) is 12.5 Å². The molecule has 29 heavy (non-hydrogen) atoms. The molecule has 1 aromatic carbocycles. The molecule has 3 amide bonds. The number of hydrogen-bond donors (Lipinski definition) is 2. The van der Waals surface area contributed by atoms with Gasteiger partial charge >= 0.3 is 12.0 Å². The Hall–Kier alpha value is -3.03. The highest BCUT2D eigenvalue weighted by Crippen LogP contribution is 2.33. The van der Waals surface area contributed by atoms with Crippen molar-refractivity contribution in [1.29, 1.82) is 0 Å². The number of hydrogen-bond acceptors (Lipinski definition) is 6. The summed E-state index contributed by atoms with van der Waals surface area (Å²) in [5, 5.41) is 5.64. The largest absolute Gasteiger partial charge is 0.482 e. The molecule has 0 spiro atoms. The fourth-order valence-corrected chi connectivity index (χ4v) is 3.17. The van der Waals surface area contributed by atoms with E-state index >= 15 is 0 Å². The average molecular weight is 402 g/mol. The number of imide groups is 1. The number of furan rings is 1. The van der Waals surface area contributed by atoms with Crippen LogP contribution in [0.1, 0.15) is 38.0 Å². The molecule has 3 rings (SSSR count). The van der Waals surface area contributed by atoms with Gasteiger partial charge in [0.1, 0.15) is 17.1 Å². The lowest BCUT2D eigenvalue weighted by atomic mass is 9.96. The van der Waals surface area contributed by atoms with Crippen molar-refractivity contribution >= 4 is 28.9 Å². The second-order valence-corrected chi connectivity index (χ2v) is 7.47. The molecule has 0 saturated heterocycles. The lowest BCUT2D eigenvalue weighted by Gasteiger charge is -2.10. The Kier molecular flexibility index (Phi) is 6.74. The van der Waals surface area contributed by atoms with Gasteiger partial charge in [0.2, 0.25) is 0 Å². The summed E-state index contributed by atoms with van der Waals surface area (Å²) in [5.41, 5.74) is 2.03. The molecule has 0 radical (unpaired) electrons. The number of benzene rings is 1. The predicted octanol–water partition coefficient (Wildman–Crippen LogP) is 2.72. The summed E-state index contributed by atoms with van der Waals surface area (Å²) in [4.78, 5) is 34.9. The lowest BCUT2D eigenvalue weighted by Crippen LogP contribution is -2.42. The zero-order valence-corrected chi connectivity index (χ0v) is 16.7. The van der Waals surface area contributed by atoms with Crippen molar-refractivity contribution in [2.24, 2.45) is 5.92 Å². The van der Waals surface area contributed by atoms with E-state index in [2.05, 4.69) is 10.6 Å². The van der Waals surface area contributed by atoms with Gasteiger partial charge in [-0.25, -0.2) is 9.59 Å². The lowest BCUT2D eigenvalue weighted by molar-refractivity contribution is -0.150. The van der Waals surface area contributed by atoms with E-state index in [1.54, 1.807) is 6.07 Å². The minimum absolute atomic E-state index is 0.262. The van der Waals surface area contributed by atoms with Crippen molar-refractivity contribution < 1.29 is 28.3 Å². The molecule has 8 heteroatoms. The fourth-order valence-electron chi connectivity index (χ4n) is 3.17. The summed E-state index contributed by atoms with van der Waals surface area (Å²) in [6.07, 6.45) is 4.20. The van der Waals surface area contributed by atoms with Crippen LogP contribution < -0.4 is 15.4 Å². The molecular formula is C21H26N2O6. The van der Waals surface area contributed by atoms with Crippen LogP contribution >= 0.6 is 0 Å². The maximum atomic E-state index is 11.8. The van der Waals surface area contributed by atoms with Gasteiger partial charge in [-0.3, -0.25) is 10.1 Å². The van der Waals surface area contributed by atoms with Crippen LogP contribution in [-0.4, -0.2) is 37.7 Å². The summed E-state index contributed by atoms with van der Waals surface area (Å²) in [6.45, 7) is 3.42. The highest BCUT2D eigenvalue weighted by Gasteiger charge is 2.18. The monoisotopic (exact) mass is 402 g/mol. The quantitative estimate of drug-likeness (QED) is 0.690. The number of rotatable bonds is 7. The number of esters is 1. The Balaban J connectivity index is 1.44. The molecule has 2 N–H and O–H groups in total. The van der Waals surface area contributed by atoms with Crippen molar-refractivity contribution in [1.82, 2.24) is 10.6 Å². The molecule has 8 nitrogen and oxygen atoms in total. The van der Waals surface area contributed by atoms with E-state index in [1.165, 1.54) is 5.56 Å². The zero-order chi connectivity index (χ0) is 20.8. The number of aryl methyl sites for hydroxylation is 2. The summed E-state index contributed by atoms with van der Waals surface area (Å²) in [7, 11) is 0. The Morgan fingerprint density at radius 2 is 1.93 bits per heavy atom. The minimum atomic E-state index is -0.703. The molecule has 1 aromatic heterocycles. The van der Waals surface area contributed by atoms with Crippen LogP contribution in [0.5, 0.6) is 5.75 Å². The summed E-state index contributed by atoms with van der Waals surface area (Å²) < 4.78 is 16.2. The molecule has 0 bridgehead atoms. The van der Waals surface area contributed by atoms with Crippen molar-refractivity contribution in [2.75, 3.05) is 19.8 Å². The number of carbonyl (C=O) groups excluding carboxylic acids is 3. The third-order valence-corrected chi connectivity index (χ3v) is 4.57. The maximum absolute atomic E-state index is 11.8. The molecule has 0 atom stereocenters. The van der Waals surface area contributed by atoms with Crippen LogP contribution in [0.4, 0.5) is 4.79 Å². The van der Waals surface area contributed by atoms with E-state index < -0.39 is 24.5 Å². The zero-order valence-electron chi connectivity index (χ0n) is 16.7. The Morgan fingerprint density at radius 3 is 2.72 bits per heavy atom. The normalized spacial score (nSPS) is 13.1. The first-order valence-electron chi connectivity index (χ1n) is 9.82. The van der Waals surface area contributed by atoms with E-state index in [0.717, 1.165) is 42.4 Å². The molecule has 1 heterocycles. The third-order valence-electron chi connectivity index (χ3n) is 4.57. The molecule has 2 aromatic rings. The van der Waals surface area contributed by atoms with Gasteiger partial charge in [-0.2, -0.15) is 0 Å². The van der Waals surface area contributed by atoms with Gasteiger partial charge in [0.25, 0.3) is 5.91 Å². The predicted molar refractivity (Wildman–Crippen MR) is 106 cm³/mol. The van der Waals surface area contributed by atoms with Gasteiger partial charge in [-0.1, -0.05) is 13.8 Å². The Labute approximate surface area is 168 Å². The van der Waals surface area contributed by atoms with Gasteiger partial charge < -0.3 is 19.2 Å². The maximum Gasteiger partial charge on any atom is 0.344 e. The Morgan fingerprint density at radius 1 is 1.14 bits per heavy atom. The van der Waals surface area contributed by atoms with Gasteiger partial charge in [-0.05, 0) is 43.4 Å². The number of urea groups is 1. The number of ether oxygens (including phenoxy) is 2. The standard InChI is InChI=1S/C21H26N2O6/c1-13(2)10-22-21(26)23-19(24)11-28-20(25)12-27-14-7-8-18-16(9-14)15-5-3-4-6-17(15)29-18/h7-9,13H,3-6,10-12H2,1-2H3,(H2,22,23,24,26). The van der Waals surface area contributed by atoms with E-state index in [4.69, 9.17) is 13.9 Å². The van der Waals surface area contributed by atoms with Gasteiger partial charge in [0.05, 0.1) is 0 Å². The molecule has 1 aliphatic rings. The minimum Gasteiger partial charge on any atom is -0.482 e. The highest BCUT2D eigenvalue weighted by atomic mass is 16.6. The third kappa shape index (κ3) is 5.73. The van der Waals surface area contributed by atoms with Gasteiger partial charge in [-0.15, -0.1) is 0 Å². The smallest absolute Gasteiger partial charge is 0.344 e. The summed E-state index contributed by atoms with van der Waals surface area (Å²) >= 11 is 0. The van der Waals surface area contributed by atoms with Crippen LogP contribution in [0.3, 0.4) is 0 Å². The molecular weight excluding hydrogens is 376 g/mol. The first-order chi connectivity index (χ1) is 13.9. The van der Waals surface area contributed by atoms with Crippen LogP contribution in [-0.2, 0) is 27.2 Å². The number of carbonyl (C=O) groups is 3. The molecule has 0 saturated carbocycles. The molecule has 0 aliphatic heterocycles. The van der Waals surface area contributed by atoms with Gasteiger partial charge in [0.15, 0.2) is 13.2 Å². The van der Waals surface area contributed by atoms with E-state index in [1.807, 2.05) is 26.0 Å². The second-order valence-electron chi connectivity index (χ2n) is 7.47. The van der Waals surface area contributed by atoms with Crippen molar-refractivity contribution in [3.63, 3.8) is 0 Å². The highest BCUT2D eigenvalue weighted by molar-refractivity contribution is 5.95. The number of amides is 3. The van der Waals surface area contributed by atoms with Crippen LogP contribution in [0, 0.1) is 5.92 Å². The molecule has 156 valence electrons. The molecule has 1 aliphatic carbocycles. The second kappa shape index (κ2) is 9.45. The average Bonchev–Trinajstić information content (AvgIpc) is 3.07. The first-order valence-corrected chi connectivity index (χ1v) is 9.82. The molecule has 0 fully saturated rings. The molecule has 0 unspecified atom stereocenters. The summed E-state index contributed by atoms with van der Waals surface area (Å²) in [5.74, 6) is 0.424. The van der Waals surface area contributed by atoms with Crippen LogP contribution in [0.2, 0.25) is 0 Å². The first kappa shape index (κ1) is 20.7. The van der Waals surface area contributed by atoms with E-state index in [9.17, 15) is 14.4 Å². The number of fused-ring (bicyclic) bond motifs is 3. The fraction of sp³-hybridized carbons (Fsp3) is 0.476. The summed E-state index contributed by atoms with van der Waals surface area (Å²) in [6, 6.07) is 4.81. The Bertz CT molecular complexity index is 902. The topological polar surface area (TPSA) is 107 Å². The van der Waals surface area contributed by atoms with E-state index in [0.29, 0.717) is 12.3 Å². The number of nitrogens with one attached hydrogen (secondary N) is 2. The van der Waals surface area contributed by atoms with Crippen molar-refractivity contribution in [3.05, 3.63) is 29.5 Å².